The Labute approximate surface area is 117 Å². The predicted octanol–water partition coefficient (Wildman–Crippen LogP) is 5.63. The molecule has 1 aromatic rings. The Kier molecular flexibility index (Phi) is 8.19. The van der Waals surface area contributed by atoms with Gasteiger partial charge in [-0.1, -0.05) is 57.2 Å². The lowest BCUT2D eigenvalue weighted by molar-refractivity contribution is 0.297. The Balaban J connectivity index is 2.18. The number of benzene rings is 1. The second kappa shape index (κ2) is 9.46. The van der Waals surface area contributed by atoms with Crippen molar-refractivity contribution in [3.63, 3.8) is 0 Å². The maximum absolute atomic E-state index is 5.70. The van der Waals surface area contributed by atoms with Gasteiger partial charge < -0.3 is 4.18 Å². The van der Waals surface area contributed by atoms with Crippen molar-refractivity contribution in [2.75, 3.05) is 6.61 Å². The van der Waals surface area contributed by atoms with Crippen molar-refractivity contribution in [1.29, 1.82) is 0 Å². The lowest BCUT2D eigenvalue weighted by atomic mass is 9.95. The van der Waals surface area contributed by atoms with Crippen LogP contribution < -0.4 is 0 Å². The summed E-state index contributed by atoms with van der Waals surface area (Å²) in [6.07, 6.45) is 6.45. The smallest absolute Gasteiger partial charge is 0.0621 e. The first-order valence-electron chi connectivity index (χ1n) is 7.12. The second-order valence-electron chi connectivity index (χ2n) is 4.95. The SMILES string of the molecule is CCCC(CCC)CCOSc1ccc(C)cc1. The van der Waals surface area contributed by atoms with Gasteiger partial charge in [0.1, 0.15) is 0 Å². The molecule has 0 saturated heterocycles. The van der Waals surface area contributed by atoms with Crippen LogP contribution in [0, 0.1) is 12.8 Å². The van der Waals surface area contributed by atoms with E-state index in [1.807, 2.05) is 0 Å². The van der Waals surface area contributed by atoms with Gasteiger partial charge >= 0.3 is 0 Å². The van der Waals surface area contributed by atoms with Crippen LogP contribution in [0.3, 0.4) is 0 Å². The van der Waals surface area contributed by atoms with E-state index in [1.165, 1.54) is 54.6 Å². The van der Waals surface area contributed by atoms with Crippen LogP contribution in [0.15, 0.2) is 29.2 Å². The Morgan fingerprint density at radius 3 is 2.17 bits per heavy atom. The molecule has 0 unspecified atom stereocenters. The highest BCUT2D eigenvalue weighted by molar-refractivity contribution is 7.94. The van der Waals surface area contributed by atoms with Gasteiger partial charge in [-0.3, -0.25) is 0 Å². The minimum Gasteiger partial charge on any atom is -0.310 e. The molecule has 2 heteroatoms. The van der Waals surface area contributed by atoms with Gasteiger partial charge in [0.15, 0.2) is 0 Å². The van der Waals surface area contributed by atoms with Crippen LogP contribution in [0.25, 0.3) is 0 Å². The Bertz CT molecular complexity index is 301. The van der Waals surface area contributed by atoms with E-state index in [4.69, 9.17) is 4.18 Å². The van der Waals surface area contributed by atoms with Crippen molar-refractivity contribution in [1.82, 2.24) is 0 Å². The van der Waals surface area contributed by atoms with Crippen LogP contribution in [0.2, 0.25) is 0 Å². The van der Waals surface area contributed by atoms with Gasteiger partial charge in [0.2, 0.25) is 0 Å². The van der Waals surface area contributed by atoms with Gasteiger partial charge in [0.05, 0.1) is 6.61 Å². The molecule has 0 amide bonds. The minimum atomic E-state index is 0.846. The highest BCUT2D eigenvalue weighted by atomic mass is 32.2. The molecule has 1 nitrogen and oxygen atoms in total. The van der Waals surface area contributed by atoms with Crippen molar-refractivity contribution in [2.24, 2.45) is 5.92 Å². The average molecular weight is 266 g/mol. The van der Waals surface area contributed by atoms with Gasteiger partial charge in [-0.05, 0) is 31.4 Å². The molecule has 0 spiro atoms. The van der Waals surface area contributed by atoms with Gasteiger partial charge in [-0.25, -0.2) is 0 Å². The van der Waals surface area contributed by atoms with Crippen molar-refractivity contribution >= 4 is 12.0 Å². The fourth-order valence-electron chi connectivity index (χ4n) is 2.17. The van der Waals surface area contributed by atoms with E-state index in [-0.39, 0.29) is 0 Å². The van der Waals surface area contributed by atoms with Crippen LogP contribution in [-0.4, -0.2) is 6.61 Å². The van der Waals surface area contributed by atoms with E-state index in [0.717, 1.165) is 12.5 Å². The summed E-state index contributed by atoms with van der Waals surface area (Å²) in [5.74, 6) is 0.846. The first-order valence-corrected chi connectivity index (χ1v) is 7.86. The van der Waals surface area contributed by atoms with Crippen molar-refractivity contribution < 1.29 is 4.18 Å². The summed E-state index contributed by atoms with van der Waals surface area (Å²) in [6.45, 7) is 7.51. The third kappa shape index (κ3) is 6.46. The molecule has 0 radical (unpaired) electrons. The van der Waals surface area contributed by atoms with Gasteiger partial charge in [0, 0.05) is 16.9 Å². The molecular weight excluding hydrogens is 240 g/mol. The molecule has 102 valence electrons. The standard InChI is InChI=1S/C16H26OS/c1-4-6-15(7-5-2)12-13-17-18-16-10-8-14(3)9-11-16/h8-11,15H,4-7,12-13H2,1-3H3. The van der Waals surface area contributed by atoms with Crippen LogP contribution in [-0.2, 0) is 4.18 Å². The molecule has 0 bridgehead atoms. The molecule has 0 N–H and O–H groups in total. The van der Waals surface area contributed by atoms with Crippen molar-refractivity contribution in [2.45, 2.75) is 57.8 Å². The number of hydrogen-bond donors (Lipinski definition) is 0. The summed E-state index contributed by atoms with van der Waals surface area (Å²) >= 11 is 1.51. The second-order valence-corrected chi connectivity index (χ2v) is 5.82. The van der Waals surface area contributed by atoms with Crippen molar-refractivity contribution in [3.05, 3.63) is 29.8 Å². The lowest BCUT2D eigenvalue weighted by Gasteiger charge is -2.14. The monoisotopic (exact) mass is 266 g/mol. The average Bonchev–Trinajstić information content (AvgIpc) is 2.37. The summed E-state index contributed by atoms with van der Waals surface area (Å²) in [5.41, 5.74) is 1.30. The van der Waals surface area contributed by atoms with E-state index in [0.29, 0.717) is 0 Å². The summed E-state index contributed by atoms with van der Waals surface area (Å²) in [5, 5.41) is 0. The quantitative estimate of drug-likeness (QED) is 0.423. The largest absolute Gasteiger partial charge is 0.310 e. The topological polar surface area (TPSA) is 9.23 Å². The summed E-state index contributed by atoms with van der Waals surface area (Å²) < 4.78 is 5.70. The molecular formula is C16H26OS. The minimum absolute atomic E-state index is 0.846. The zero-order valence-electron chi connectivity index (χ0n) is 11.9. The molecule has 1 rings (SSSR count). The number of rotatable bonds is 9. The highest BCUT2D eigenvalue weighted by Crippen LogP contribution is 2.22. The van der Waals surface area contributed by atoms with Gasteiger partial charge in [-0.2, -0.15) is 0 Å². The summed E-state index contributed by atoms with van der Waals surface area (Å²) in [4.78, 5) is 1.20. The van der Waals surface area contributed by atoms with E-state index in [2.05, 4.69) is 45.0 Å². The molecule has 0 atom stereocenters. The Morgan fingerprint density at radius 2 is 1.61 bits per heavy atom. The molecule has 0 saturated carbocycles. The first kappa shape index (κ1) is 15.6. The normalized spacial score (nSPS) is 11.1. The molecule has 0 aromatic heterocycles. The zero-order chi connectivity index (χ0) is 13.2. The summed E-state index contributed by atoms with van der Waals surface area (Å²) in [6, 6.07) is 8.50. The molecule has 0 fully saturated rings. The van der Waals surface area contributed by atoms with E-state index in [9.17, 15) is 0 Å². The third-order valence-corrected chi connectivity index (χ3v) is 3.93. The van der Waals surface area contributed by atoms with Crippen LogP contribution in [0.1, 0.15) is 51.5 Å². The molecule has 1 aromatic carbocycles. The fraction of sp³-hybridized carbons (Fsp3) is 0.625. The van der Waals surface area contributed by atoms with E-state index < -0.39 is 0 Å². The molecule has 0 heterocycles. The van der Waals surface area contributed by atoms with Crippen LogP contribution in [0.5, 0.6) is 0 Å². The highest BCUT2D eigenvalue weighted by Gasteiger charge is 2.06. The molecule has 0 aliphatic carbocycles. The number of aryl methyl sites for hydroxylation is 1. The predicted molar refractivity (Wildman–Crippen MR) is 80.9 cm³/mol. The molecule has 0 aliphatic rings. The van der Waals surface area contributed by atoms with Crippen molar-refractivity contribution in [3.8, 4) is 0 Å². The van der Waals surface area contributed by atoms with Gasteiger partial charge in [-0.15, -0.1) is 0 Å². The summed E-state index contributed by atoms with van der Waals surface area (Å²) in [7, 11) is 0. The van der Waals surface area contributed by atoms with Gasteiger partial charge in [0.25, 0.3) is 0 Å². The first-order chi connectivity index (χ1) is 8.76. The third-order valence-electron chi connectivity index (χ3n) is 3.18. The Hall–Kier alpha value is -0.470. The maximum atomic E-state index is 5.70. The van der Waals surface area contributed by atoms with Crippen LogP contribution in [0.4, 0.5) is 0 Å². The lowest BCUT2D eigenvalue weighted by Crippen LogP contribution is -2.03. The maximum Gasteiger partial charge on any atom is 0.0621 e. The van der Waals surface area contributed by atoms with Crippen LogP contribution >= 0.6 is 12.0 Å². The zero-order valence-corrected chi connectivity index (χ0v) is 12.8. The fourth-order valence-corrected chi connectivity index (χ4v) is 2.73. The molecule has 18 heavy (non-hydrogen) atoms. The molecule has 0 aliphatic heterocycles. The van der Waals surface area contributed by atoms with E-state index >= 15 is 0 Å². The van der Waals surface area contributed by atoms with E-state index in [1.54, 1.807) is 0 Å². The number of hydrogen-bond acceptors (Lipinski definition) is 2. The Morgan fingerprint density at radius 1 is 1.00 bits per heavy atom.